The van der Waals surface area contributed by atoms with Gasteiger partial charge in [-0.2, -0.15) is 0 Å². The van der Waals surface area contributed by atoms with Gasteiger partial charge in [0.15, 0.2) is 0 Å². The summed E-state index contributed by atoms with van der Waals surface area (Å²) in [6.45, 7) is 8.53. The number of nitrogens with zero attached hydrogens (tertiary/aromatic N) is 2. The van der Waals surface area contributed by atoms with Crippen LogP contribution in [0.1, 0.15) is 62.1 Å². The molecule has 1 aromatic carbocycles. The predicted molar refractivity (Wildman–Crippen MR) is 151 cm³/mol. The van der Waals surface area contributed by atoms with Crippen molar-refractivity contribution in [1.82, 2.24) is 20.6 Å². The minimum Gasteiger partial charge on any atom is -0.402 e. The fourth-order valence-electron chi connectivity index (χ4n) is 6.02. The van der Waals surface area contributed by atoms with Gasteiger partial charge >= 0.3 is 0 Å². The smallest absolute Gasteiger partial charge is 0.277 e. The van der Waals surface area contributed by atoms with Crippen molar-refractivity contribution in [2.75, 3.05) is 19.6 Å². The Morgan fingerprint density at radius 2 is 2.03 bits per heavy atom. The van der Waals surface area contributed by atoms with Gasteiger partial charge in [-0.15, -0.1) is 0 Å². The zero-order chi connectivity index (χ0) is 27.5. The maximum atomic E-state index is 13.0. The number of nitrogens with one attached hydrogen (secondary N) is 2. The third kappa shape index (κ3) is 6.12. The number of hydrogen-bond acceptors (Lipinski definition) is 6. The van der Waals surface area contributed by atoms with Gasteiger partial charge in [0.2, 0.25) is 5.91 Å². The first-order valence-corrected chi connectivity index (χ1v) is 14.2. The molecular formula is C31H41N5O3. The Kier molecular flexibility index (Phi) is 8.23. The molecule has 5 N–H and O–H groups in total. The summed E-state index contributed by atoms with van der Waals surface area (Å²) in [5.41, 5.74) is 14.6. The van der Waals surface area contributed by atoms with Crippen molar-refractivity contribution in [2.45, 2.75) is 71.5 Å². The average Bonchev–Trinajstić information content (AvgIpc) is 2.91. The van der Waals surface area contributed by atoms with E-state index in [0.717, 1.165) is 62.3 Å². The van der Waals surface area contributed by atoms with Crippen LogP contribution in [0.25, 0.3) is 0 Å². The van der Waals surface area contributed by atoms with E-state index in [1.165, 1.54) is 22.3 Å². The largest absolute Gasteiger partial charge is 0.402 e. The van der Waals surface area contributed by atoms with Crippen molar-refractivity contribution >= 4 is 11.8 Å². The van der Waals surface area contributed by atoms with Crippen LogP contribution in [-0.2, 0) is 22.7 Å². The van der Waals surface area contributed by atoms with E-state index in [2.05, 4.69) is 52.8 Å². The van der Waals surface area contributed by atoms with Crippen LogP contribution in [0.4, 0.5) is 0 Å². The monoisotopic (exact) mass is 531 g/mol. The fraction of sp³-hybridized carbons (Fsp3) is 0.484. The number of likely N-dealkylation sites (tertiary alicyclic amines) is 1. The van der Waals surface area contributed by atoms with Gasteiger partial charge in [0.05, 0.1) is 0 Å². The molecule has 1 unspecified atom stereocenters. The highest BCUT2D eigenvalue weighted by Crippen LogP contribution is 2.31. The molecule has 0 saturated carbocycles. The number of hydrogen-bond donors (Lipinski definition) is 4. The summed E-state index contributed by atoms with van der Waals surface area (Å²) in [7, 11) is 0. The molecule has 2 heterocycles. The van der Waals surface area contributed by atoms with Crippen LogP contribution in [0.5, 0.6) is 0 Å². The zero-order valence-corrected chi connectivity index (χ0v) is 23.1. The SMILES string of the molecule is CC1=C(NCc2ccc(CN3CC(C4=CC=C(N)CC4)C3)c(C)c2)CCC=C1C(=O)N(O)C1CCCNC1=O. The van der Waals surface area contributed by atoms with Crippen LogP contribution < -0.4 is 16.4 Å². The van der Waals surface area contributed by atoms with Crippen molar-refractivity contribution in [3.8, 4) is 0 Å². The second-order valence-electron chi connectivity index (χ2n) is 11.3. The van der Waals surface area contributed by atoms with Crippen LogP contribution in [0.15, 0.2) is 64.5 Å². The second kappa shape index (κ2) is 11.8. The number of hydroxylamine groups is 2. The van der Waals surface area contributed by atoms with Gasteiger partial charge < -0.3 is 16.4 Å². The minimum atomic E-state index is -0.831. The van der Waals surface area contributed by atoms with E-state index >= 15 is 0 Å². The number of rotatable bonds is 8. The van der Waals surface area contributed by atoms with Crippen LogP contribution >= 0.6 is 0 Å². The molecule has 39 heavy (non-hydrogen) atoms. The fourth-order valence-corrected chi connectivity index (χ4v) is 6.02. The molecule has 1 aromatic rings. The number of aryl methyl sites for hydroxylation is 1. The van der Waals surface area contributed by atoms with E-state index in [-0.39, 0.29) is 5.91 Å². The van der Waals surface area contributed by atoms with Crippen molar-refractivity contribution in [2.24, 2.45) is 11.7 Å². The van der Waals surface area contributed by atoms with Crippen molar-refractivity contribution < 1.29 is 14.8 Å². The summed E-state index contributed by atoms with van der Waals surface area (Å²) < 4.78 is 0. The number of piperidine rings is 1. The number of amides is 2. The second-order valence-corrected chi connectivity index (χ2v) is 11.3. The normalized spacial score (nSPS) is 22.4. The highest BCUT2D eigenvalue weighted by Gasteiger charge is 2.34. The maximum absolute atomic E-state index is 13.0. The van der Waals surface area contributed by atoms with Gasteiger partial charge in [0.1, 0.15) is 6.04 Å². The summed E-state index contributed by atoms with van der Waals surface area (Å²) in [5.74, 6) is -0.151. The van der Waals surface area contributed by atoms with Gasteiger partial charge in [0, 0.05) is 55.6 Å². The quantitative estimate of drug-likeness (QED) is 0.302. The number of nitrogens with two attached hydrogens (primary N) is 1. The van der Waals surface area contributed by atoms with Crippen molar-refractivity contribution in [1.29, 1.82) is 0 Å². The zero-order valence-electron chi connectivity index (χ0n) is 23.1. The van der Waals surface area contributed by atoms with Gasteiger partial charge in [-0.05, 0) is 80.7 Å². The number of benzene rings is 1. The number of carbonyl (C=O) groups is 2. The van der Waals surface area contributed by atoms with E-state index in [1.54, 1.807) is 0 Å². The van der Waals surface area contributed by atoms with Gasteiger partial charge in [-0.25, -0.2) is 5.06 Å². The van der Waals surface area contributed by atoms with Crippen molar-refractivity contribution in [3.63, 3.8) is 0 Å². The first kappa shape index (κ1) is 27.2. The molecule has 208 valence electrons. The highest BCUT2D eigenvalue weighted by atomic mass is 16.5. The summed E-state index contributed by atoms with van der Waals surface area (Å²) in [6.07, 6.45) is 11.0. The molecule has 0 spiro atoms. The molecule has 0 radical (unpaired) electrons. The molecule has 8 nitrogen and oxygen atoms in total. The number of carbonyl (C=O) groups excluding carboxylic acids is 2. The highest BCUT2D eigenvalue weighted by molar-refractivity contribution is 6.00. The Labute approximate surface area is 231 Å². The summed E-state index contributed by atoms with van der Waals surface area (Å²) >= 11 is 0. The van der Waals surface area contributed by atoms with Crippen LogP contribution in [0.2, 0.25) is 0 Å². The standard InChI is InChI=1S/C31H41N5O3/c1-20-15-22(8-9-24(20)17-35-18-25(19-35)23-10-12-26(32)13-11-23)16-34-28-6-3-5-27(21(28)2)31(38)36(39)29-7-4-14-33-30(29)37/h5,8-10,12,15,25,29,34,39H,3-4,6-7,11,13-14,16-19,32H2,1-2H3,(H,33,37). The Hall–Kier alpha value is -3.36. The Morgan fingerprint density at radius 3 is 2.74 bits per heavy atom. The minimum absolute atomic E-state index is 0.300. The van der Waals surface area contributed by atoms with Gasteiger partial charge in [-0.1, -0.05) is 35.9 Å². The van der Waals surface area contributed by atoms with E-state index in [4.69, 9.17) is 5.73 Å². The molecule has 2 fully saturated rings. The molecule has 2 amide bonds. The lowest BCUT2D eigenvalue weighted by molar-refractivity contribution is -0.177. The lowest BCUT2D eigenvalue weighted by Gasteiger charge is -2.41. The van der Waals surface area contributed by atoms with Gasteiger partial charge in [-0.3, -0.25) is 19.7 Å². The number of allylic oxidation sites excluding steroid dienone is 5. The predicted octanol–water partition coefficient (Wildman–Crippen LogP) is 3.57. The molecular weight excluding hydrogens is 490 g/mol. The van der Waals surface area contributed by atoms with Crippen LogP contribution in [0, 0.1) is 12.8 Å². The van der Waals surface area contributed by atoms with Crippen molar-refractivity contribution in [3.05, 3.63) is 81.2 Å². The molecule has 4 aliphatic rings. The molecule has 2 saturated heterocycles. The Balaban J connectivity index is 1.15. The van der Waals surface area contributed by atoms with E-state index in [0.29, 0.717) is 42.5 Å². The Bertz CT molecular complexity index is 1250. The lowest BCUT2D eigenvalue weighted by atomic mass is 9.85. The van der Waals surface area contributed by atoms with Crippen LogP contribution in [0.3, 0.4) is 0 Å². The lowest BCUT2D eigenvalue weighted by Crippen LogP contribution is -2.51. The third-order valence-corrected chi connectivity index (χ3v) is 8.59. The molecule has 2 aliphatic heterocycles. The average molecular weight is 532 g/mol. The maximum Gasteiger partial charge on any atom is 0.277 e. The molecule has 2 aliphatic carbocycles. The first-order chi connectivity index (χ1) is 18.8. The Morgan fingerprint density at radius 1 is 1.21 bits per heavy atom. The topological polar surface area (TPSA) is 111 Å². The van der Waals surface area contributed by atoms with E-state index in [9.17, 15) is 14.8 Å². The van der Waals surface area contributed by atoms with Crippen LogP contribution in [-0.4, -0.2) is 52.7 Å². The van der Waals surface area contributed by atoms with E-state index in [1.807, 2.05) is 13.0 Å². The van der Waals surface area contributed by atoms with Gasteiger partial charge in [0.25, 0.3) is 5.91 Å². The molecule has 0 aromatic heterocycles. The molecule has 1 atom stereocenters. The third-order valence-electron chi connectivity index (χ3n) is 8.59. The van der Waals surface area contributed by atoms with E-state index < -0.39 is 11.9 Å². The summed E-state index contributed by atoms with van der Waals surface area (Å²) in [6, 6.07) is 5.83. The summed E-state index contributed by atoms with van der Waals surface area (Å²) in [5, 5.41) is 17.4. The summed E-state index contributed by atoms with van der Waals surface area (Å²) in [4.78, 5) is 27.7. The molecule has 5 rings (SSSR count). The molecule has 0 bridgehead atoms. The first-order valence-electron chi connectivity index (χ1n) is 14.2. The molecule has 8 heteroatoms.